The van der Waals surface area contributed by atoms with Crippen LogP contribution in [0, 0.1) is 27.4 Å². The molecule has 1 aliphatic heterocycles. The van der Waals surface area contributed by atoms with Crippen LogP contribution in [0.3, 0.4) is 0 Å². The van der Waals surface area contributed by atoms with Gasteiger partial charge in [-0.05, 0) is 59.4 Å². The van der Waals surface area contributed by atoms with Crippen LogP contribution >= 0.6 is 22.6 Å². The molecule has 1 aromatic heterocycles. The molecule has 3 aliphatic carbocycles. The van der Waals surface area contributed by atoms with Crippen LogP contribution in [0.2, 0.25) is 0 Å². The summed E-state index contributed by atoms with van der Waals surface area (Å²) in [6.45, 7) is 0. The molecule has 4 aliphatic rings. The number of carbonyl (C=O) groups is 2. The molecule has 0 unspecified atom stereocenters. The van der Waals surface area contributed by atoms with E-state index in [1.165, 1.54) is 6.21 Å². The molecule has 6 heteroatoms. The lowest BCUT2D eigenvalue weighted by atomic mass is 9.63. The van der Waals surface area contributed by atoms with E-state index in [2.05, 4.69) is 39.8 Å². The van der Waals surface area contributed by atoms with Crippen molar-refractivity contribution in [2.75, 3.05) is 0 Å². The van der Waals surface area contributed by atoms with Crippen molar-refractivity contribution < 1.29 is 14.0 Å². The number of imide groups is 1. The molecule has 0 N–H and O–H groups in total. The molecule has 1 saturated carbocycles. The number of rotatable bonds is 2. The number of hydrogen-bond donors (Lipinski definition) is 0. The van der Waals surface area contributed by atoms with E-state index >= 15 is 0 Å². The number of hydrazone groups is 1. The van der Waals surface area contributed by atoms with Crippen molar-refractivity contribution in [1.82, 2.24) is 5.01 Å². The zero-order valence-electron chi connectivity index (χ0n) is 11.1. The molecule has 2 heterocycles. The van der Waals surface area contributed by atoms with Crippen molar-refractivity contribution in [2.45, 2.75) is 12.8 Å². The lowest BCUT2D eigenvalue weighted by molar-refractivity contribution is -0.140. The van der Waals surface area contributed by atoms with Gasteiger partial charge in [0.1, 0.15) is 5.76 Å². The van der Waals surface area contributed by atoms with Gasteiger partial charge in [0.25, 0.3) is 11.8 Å². The second-order valence-corrected chi connectivity index (χ2v) is 6.78. The molecule has 4 atom stereocenters. The topological polar surface area (TPSA) is 62.9 Å². The summed E-state index contributed by atoms with van der Waals surface area (Å²) in [5.74, 6) is 0.173. The summed E-state index contributed by atoms with van der Waals surface area (Å²) in [5, 5.41) is 5.12. The number of halogens is 1. The van der Waals surface area contributed by atoms with Crippen LogP contribution in [-0.2, 0) is 9.59 Å². The maximum Gasteiger partial charge on any atom is 0.254 e. The van der Waals surface area contributed by atoms with Gasteiger partial charge in [0, 0.05) is 0 Å². The Kier molecular flexibility index (Phi) is 3.02. The highest BCUT2D eigenvalue weighted by atomic mass is 127. The van der Waals surface area contributed by atoms with Crippen molar-refractivity contribution in [3.05, 3.63) is 33.8 Å². The summed E-state index contributed by atoms with van der Waals surface area (Å²) in [6.07, 6.45) is 7.63. The summed E-state index contributed by atoms with van der Waals surface area (Å²) in [6, 6.07) is 3.56. The van der Waals surface area contributed by atoms with Gasteiger partial charge in [-0.15, -0.1) is 0 Å². The van der Waals surface area contributed by atoms with E-state index in [1.807, 2.05) is 0 Å². The minimum Gasteiger partial charge on any atom is -0.449 e. The Morgan fingerprint density at radius 1 is 1.14 bits per heavy atom. The van der Waals surface area contributed by atoms with Crippen LogP contribution in [0.1, 0.15) is 18.6 Å². The van der Waals surface area contributed by atoms with Gasteiger partial charge in [-0.25, -0.2) is 0 Å². The number of furan rings is 1. The Balaban J connectivity index is 1.62. The molecule has 1 aromatic rings. The molecule has 0 aromatic carbocycles. The normalized spacial score (nSPS) is 34.2. The number of carbonyl (C=O) groups excluding carboxylic acids is 2. The first-order valence-electron chi connectivity index (χ1n) is 7.00. The zero-order valence-corrected chi connectivity index (χ0v) is 13.3. The van der Waals surface area contributed by atoms with Crippen molar-refractivity contribution in [3.8, 4) is 0 Å². The predicted octanol–water partition coefficient (Wildman–Crippen LogP) is 2.42. The third kappa shape index (κ3) is 1.99. The van der Waals surface area contributed by atoms with Gasteiger partial charge in [0.15, 0.2) is 3.77 Å². The van der Waals surface area contributed by atoms with Crippen LogP contribution in [0.5, 0.6) is 0 Å². The minimum atomic E-state index is -0.213. The second-order valence-electron chi connectivity index (χ2n) is 5.72. The quantitative estimate of drug-likeness (QED) is 0.334. The van der Waals surface area contributed by atoms with Gasteiger partial charge in [0.2, 0.25) is 0 Å². The Hall–Kier alpha value is -1.44. The van der Waals surface area contributed by atoms with Gasteiger partial charge in [-0.1, -0.05) is 12.2 Å². The fraction of sp³-hybridized carbons (Fsp3) is 0.400. The smallest absolute Gasteiger partial charge is 0.254 e. The summed E-state index contributed by atoms with van der Waals surface area (Å²) in [4.78, 5) is 25.0. The van der Waals surface area contributed by atoms with E-state index in [1.54, 1.807) is 12.1 Å². The van der Waals surface area contributed by atoms with Gasteiger partial charge in [-0.3, -0.25) is 9.59 Å². The Labute approximate surface area is 135 Å². The predicted molar refractivity (Wildman–Crippen MR) is 83.2 cm³/mol. The average Bonchev–Trinajstić information content (AvgIpc) is 3.03. The van der Waals surface area contributed by atoms with Crippen LogP contribution < -0.4 is 0 Å². The number of amides is 2. The molecule has 0 spiro atoms. The Morgan fingerprint density at radius 2 is 1.76 bits per heavy atom. The van der Waals surface area contributed by atoms with Gasteiger partial charge < -0.3 is 4.42 Å². The largest absolute Gasteiger partial charge is 0.449 e. The fourth-order valence-corrected chi connectivity index (χ4v) is 4.12. The SMILES string of the molecule is O=C1[C@@H]2[C@H](C(=O)N1/N=C\c1ccc(I)o1)[C@@H]1C=C[C@@H]2CC1. The summed E-state index contributed by atoms with van der Waals surface area (Å²) in [5.41, 5.74) is 0. The first kappa shape index (κ1) is 13.2. The summed E-state index contributed by atoms with van der Waals surface area (Å²) in [7, 11) is 0. The molecule has 2 bridgehead atoms. The highest BCUT2D eigenvalue weighted by Crippen LogP contribution is 2.49. The molecular formula is C15H13IN2O3. The first-order valence-corrected chi connectivity index (χ1v) is 8.08. The third-order valence-electron chi connectivity index (χ3n) is 4.63. The first-order chi connectivity index (χ1) is 10.1. The van der Waals surface area contributed by atoms with Gasteiger partial charge in [0.05, 0.1) is 18.1 Å². The van der Waals surface area contributed by atoms with Crippen molar-refractivity contribution in [2.24, 2.45) is 28.8 Å². The van der Waals surface area contributed by atoms with E-state index in [-0.39, 0.29) is 35.5 Å². The second kappa shape index (κ2) is 4.79. The van der Waals surface area contributed by atoms with Crippen LogP contribution in [-0.4, -0.2) is 23.0 Å². The maximum atomic E-state index is 12.5. The Morgan fingerprint density at radius 3 is 2.24 bits per heavy atom. The van der Waals surface area contributed by atoms with Crippen LogP contribution in [0.4, 0.5) is 0 Å². The molecular weight excluding hydrogens is 383 g/mol. The molecule has 1 saturated heterocycles. The molecule has 5 rings (SSSR count). The van der Waals surface area contributed by atoms with E-state index in [4.69, 9.17) is 4.42 Å². The summed E-state index contributed by atoms with van der Waals surface area (Å²) >= 11 is 2.05. The lowest BCUT2D eigenvalue weighted by Crippen LogP contribution is -2.38. The Bertz CT molecular complexity index is 646. The van der Waals surface area contributed by atoms with Crippen molar-refractivity contribution in [3.63, 3.8) is 0 Å². The van der Waals surface area contributed by atoms with Crippen molar-refractivity contribution >= 4 is 40.6 Å². The fourth-order valence-electron chi connectivity index (χ4n) is 3.68. The average molecular weight is 396 g/mol. The minimum absolute atomic E-state index is 0.165. The molecule has 21 heavy (non-hydrogen) atoms. The van der Waals surface area contributed by atoms with E-state index in [9.17, 15) is 9.59 Å². The van der Waals surface area contributed by atoms with Gasteiger partial charge >= 0.3 is 0 Å². The molecule has 2 fully saturated rings. The molecule has 2 amide bonds. The van der Waals surface area contributed by atoms with E-state index in [0.717, 1.165) is 21.6 Å². The van der Waals surface area contributed by atoms with E-state index in [0.29, 0.717) is 5.76 Å². The highest BCUT2D eigenvalue weighted by Gasteiger charge is 2.56. The van der Waals surface area contributed by atoms with Gasteiger partial charge in [-0.2, -0.15) is 10.1 Å². The number of hydrogen-bond acceptors (Lipinski definition) is 4. The number of nitrogens with zero attached hydrogens (tertiary/aromatic N) is 2. The monoisotopic (exact) mass is 396 g/mol. The summed E-state index contributed by atoms with van der Waals surface area (Å²) < 4.78 is 6.10. The lowest BCUT2D eigenvalue weighted by Gasteiger charge is -2.37. The van der Waals surface area contributed by atoms with Crippen LogP contribution in [0.25, 0.3) is 0 Å². The maximum absolute atomic E-state index is 12.5. The number of allylic oxidation sites excluding steroid dienone is 2. The third-order valence-corrected chi connectivity index (χ3v) is 5.21. The van der Waals surface area contributed by atoms with Crippen LogP contribution in [0.15, 0.2) is 33.8 Å². The number of fused-ring (bicyclic) bond motifs is 1. The molecule has 108 valence electrons. The zero-order chi connectivity index (χ0) is 14.6. The molecule has 0 radical (unpaired) electrons. The van der Waals surface area contributed by atoms with E-state index < -0.39 is 0 Å². The van der Waals surface area contributed by atoms with Crippen molar-refractivity contribution in [1.29, 1.82) is 0 Å². The standard InChI is InChI=1S/C15H13IN2O3/c16-11-6-5-10(21-11)7-17-18-14(19)12-8-1-2-9(4-3-8)13(12)15(18)20/h1-2,5-9,12-13H,3-4H2/b17-7-/t8-,9-,12-,13+/m1/s1. The molecule has 5 nitrogen and oxygen atoms in total. The highest BCUT2D eigenvalue weighted by molar-refractivity contribution is 14.1.